The van der Waals surface area contributed by atoms with Crippen molar-refractivity contribution < 1.29 is 14.4 Å². The molecular weight excluding hydrogens is 308 g/mol. The van der Waals surface area contributed by atoms with Crippen LogP contribution in [0.5, 0.6) is 0 Å². The van der Waals surface area contributed by atoms with Crippen LogP contribution in [0.3, 0.4) is 0 Å². The monoisotopic (exact) mass is 332 g/mol. The molecule has 0 aliphatic rings. The van der Waals surface area contributed by atoms with Crippen LogP contribution in [0, 0.1) is 0 Å². The van der Waals surface area contributed by atoms with E-state index in [1.165, 1.54) is 0 Å². The van der Waals surface area contributed by atoms with Crippen molar-refractivity contribution in [1.82, 2.24) is 20.8 Å². The van der Waals surface area contributed by atoms with Crippen molar-refractivity contribution in [2.45, 2.75) is 45.2 Å². The van der Waals surface area contributed by atoms with Gasteiger partial charge in [0.15, 0.2) is 5.82 Å². The molecule has 1 aromatic carbocycles. The summed E-state index contributed by atoms with van der Waals surface area (Å²) in [5, 5.41) is 18.9. The molecule has 0 fully saturated rings. The average Bonchev–Trinajstić information content (AvgIpc) is 3.03. The molecule has 0 saturated carbocycles. The van der Waals surface area contributed by atoms with Crippen molar-refractivity contribution in [3.05, 3.63) is 47.6 Å². The highest BCUT2D eigenvalue weighted by atomic mass is 16.5. The molecule has 0 saturated heterocycles. The molecule has 0 spiro atoms. The minimum atomic E-state index is -0.480. The maximum atomic E-state index is 12.1. The Kier molecular flexibility index (Phi) is 5.56. The van der Waals surface area contributed by atoms with E-state index < -0.39 is 18.1 Å². The Morgan fingerprint density at radius 2 is 1.92 bits per heavy atom. The van der Waals surface area contributed by atoms with E-state index in [1.54, 1.807) is 6.92 Å². The number of rotatable bonds is 5. The van der Waals surface area contributed by atoms with Crippen molar-refractivity contribution in [2.24, 2.45) is 0 Å². The average molecular weight is 332 g/mol. The van der Waals surface area contributed by atoms with E-state index in [-0.39, 0.29) is 12.0 Å². The normalized spacial score (nSPS) is 14.0. The molecule has 3 N–H and O–H groups in total. The van der Waals surface area contributed by atoms with Gasteiger partial charge in [0.1, 0.15) is 6.04 Å². The number of hydrogen-bond acceptors (Lipinski definition) is 5. The van der Waals surface area contributed by atoms with Gasteiger partial charge in [0, 0.05) is 5.41 Å². The first kappa shape index (κ1) is 17.9. The Morgan fingerprint density at radius 1 is 1.25 bits per heavy atom. The van der Waals surface area contributed by atoms with Gasteiger partial charge in [-0.1, -0.05) is 56.3 Å². The quantitative estimate of drug-likeness (QED) is 0.781. The SMILES string of the molecule is C[C@H](NC(=O)N[C@H](CO)c1ccccc1)c1nc(C(C)(C)C)no1. The van der Waals surface area contributed by atoms with Gasteiger partial charge < -0.3 is 20.3 Å². The molecule has 130 valence electrons. The van der Waals surface area contributed by atoms with Gasteiger partial charge in [0.25, 0.3) is 0 Å². The van der Waals surface area contributed by atoms with Gasteiger partial charge >= 0.3 is 6.03 Å². The summed E-state index contributed by atoms with van der Waals surface area (Å²) in [6.07, 6.45) is 0. The largest absolute Gasteiger partial charge is 0.394 e. The molecule has 2 atom stereocenters. The number of aliphatic hydroxyl groups excluding tert-OH is 1. The van der Waals surface area contributed by atoms with E-state index in [2.05, 4.69) is 20.8 Å². The first-order valence-electron chi connectivity index (χ1n) is 7.88. The van der Waals surface area contributed by atoms with E-state index in [4.69, 9.17) is 4.52 Å². The number of amides is 2. The molecule has 7 nitrogen and oxygen atoms in total. The predicted molar refractivity (Wildman–Crippen MR) is 89.3 cm³/mol. The molecule has 0 aliphatic carbocycles. The molecule has 2 amide bonds. The summed E-state index contributed by atoms with van der Waals surface area (Å²) >= 11 is 0. The maximum Gasteiger partial charge on any atom is 0.315 e. The second-order valence-electron chi connectivity index (χ2n) is 6.69. The Balaban J connectivity index is 1.97. The number of aromatic nitrogens is 2. The Labute approximate surface area is 141 Å². The zero-order valence-electron chi connectivity index (χ0n) is 14.4. The highest BCUT2D eigenvalue weighted by molar-refractivity contribution is 5.74. The van der Waals surface area contributed by atoms with Gasteiger partial charge in [0.05, 0.1) is 12.6 Å². The third-order valence-corrected chi connectivity index (χ3v) is 3.52. The fraction of sp³-hybridized carbons (Fsp3) is 0.471. The number of aliphatic hydroxyl groups is 1. The minimum absolute atomic E-state index is 0.194. The van der Waals surface area contributed by atoms with Crippen molar-refractivity contribution in [3.8, 4) is 0 Å². The molecular formula is C17H24N4O3. The third kappa shape index (κ3) is 4.55. The lowest BCUT2D eigenvalue weighted by atomic mass is 9.96. The van der Waals surface area contributed by atoms with Crippen LogP contribution in [0.25, 0.3) is 0 Å². The molecule has 2 rings (SSSR count). The number of benzene rings is 1. The molecule has 2 aromatic rings. The highest BCUT2D eigenvalue weighted by Gasteiger charge is 2.24. The van der Waals surface area contributed by atoms with Gasteiger partial charge in [-0.15, -0.1) is 0 Å². The topological polar surface area (TPSA) is 100 Å². The maximum absolute atomic E-state index is 12.1. The minimum Gasteiger partial charge on any atom is -0.394 e. The number of carbonyl (C=O) groups excluding carboxylic acids is 1. The molecule has 0 aliphatic heterocycles. The van der Waals surface area contributed by atoms with Gasteiger partial charge in [-0.2, -0.15) is 4.98 Å². The van der Waals surface area contributed by atoms with E-state index in [0.29, 0.717) is 11.7 Å². The summed E-state index contributed by atoms with van der Waals surface area (Å²) in [5.41, 5.74) is 0.606. The van der Waals surface area contributed by atoms with Crippen LogP contribution >= 0.6 is 0 Å². The zero-order chi connectivity index (χ0) is 17.7. The van der Waals surface area contributed by atoms with Gasteiger partial charge in [0.2, 0.25) is 5.89 Å². The summed E-state index contributed by atoms with van der Waals surface area (Å²) in [5.74, 6) is 0.930. The lowest BCUT2D eigenvalue weighted by molar-refractivity contribution is 0.212. The number of urea groups is 1. The first-order valence-corrected chi connectivity index (χ1v) is 7.88. The van der Waals surface area contributed by atoms with Gasteiger partial charge in [-0.3, -0.25) is 0 Å². The number of nitrogens with one attached hydrogen (secondary N) is 2. The second-order valence-corrected chi connectivity index (χ2v) is 6.69. The molecule has 24 heavy (non-hydrogen) atoms. The summed E-state index contributed by atoms with van der Waals surface area (Å²) < 4.78 is 5.22. The second kappa shape index (κ2) is 7.44. The fourth-order valence-electron chi connectivity index (χ4n) is 2.09. The summed E-state index contributed by atoms with van der Waals surface area (Å²) in [4.78, 5) is 16.5. The summed E-state index contributed by atoms with van der Waals surface area (Å²) in [6.45, 7) is 7.52. The van der Waals surface area contributed by atoms with Crippen molar-refractivity contribution in [1.29, 1.82) is 0 Å². The van der Waals surface area contributed by atoms with Gasteiger partial charge in [-0.25, -0.2) is 4.79 Å². The van der Waals surface area contributed by atoms with Gasteiger partial charge in [-0.05, 0) is 12.5 Å². The Bertz CT molecular complexity index is 664. The predicted octanol–water partition coefficient (Wildman–Crippen LogP) is 2.46. The van der Waals surface area contributed by atoms with Crippen LogP contribution in [-0.4, -0.2) is 27.9 Å². The summed E-state index contributed by atoms with van der Waals surface area (Å²) in [7, 11) is 0. The number of nitrogens with zero attached hydrogens (tertiary/aromatic N) is 2. The van der Waals surface area contributed by atoms with Crippen molar-refractivity contribution in [2.75, 3.05) is 6.61 Å². The Morgan fingerprint density at radius 3 is 2.46 bits per heavy atom. The summed E-state index contributed by atoms with van der Waals surface area (Å²) in [6, 6.07) is 7.94. The zero-order valence-corrected chi connectivity index (χ0v) is 14.4. The Hall–Kier alpha value is -2.41. The number of carbonyl (C=O) groups is 1. The smallest absolute Gasteiger partial charge is 0.315 e. The lowest BCUT2D eigenvalue weighted by Crippen LogP contribution is -2.40. The van der Waals surface area contributed by atoms with Crippen LogP contribution < -0.4 is 10.6 Å². The van der Waals surface area contributed by atoms with E-state index in [9.17, 15) is 9.90 Å². The van der Waals surface area contributed by atoms with E-state index in [0.717, 1.165) is 5.56 Å². The molecule has 7 heteroatoms. The van der Waals surface area contributed by atoms with E-state index >= 15 is 0 Å². The molecule has 1 aromatic heterocycles. The van der Waals surface area contributed by atoms with Crippen LogP contribution in [0.2, 0.25) is 0 Å². The molecule has 1 heterocycles. The highest BCUT2D eigenvalue weighted by Crippen LogP contribution is 2.20. The standard InChI is InChI=1S/C17H24N4O3/c1-11(14-20-15(21-24-14)17(2,3)4)18-16(23)19-13(10-22)12-8-6-5-7-9-12/h5-9,11,13,22H,10H2,1-4H3,(H2,18,19,23)/t11-,13+/m0/s1. The fourth-order valence-corrected chi connectivity index (χ4v) is 2.09. The first-order chi connectivity index (χ1) is 11.3. The van der Waals surface area contributed by atoms with Crippen molar-refractivity contribution >= 4 is 6.03 Å². The molecule has 0 radical (unpaired) electrons. The lowest BCUT2D eigenvalue weighted by Gasteiger charge is -2.18. The molecule has 0 unspecified atom stereocenters. The van der Waals surface area contributed by atoms with Crippen LogP contribution in [0.1, 0.15) is 57.1 Å². The van der Waals surface area contributed by atoms with Crippen LogP contribution in [0.15, 0.2) is 34.9 Å². The third-order valence-electron chi connectivity index (χ3n) is 3.52. The van der Waals surface area contributed by atoms with Crippen molar-refractivity contribution in [3.63, 3.8) is 0 Å². The van der Waals surface area contributed by atoms with Crippen LogP contribution in [-0.2, 0) is 5.41 Å². The van der Waals surface area contributed by atoms with Crippen LogP contribution in [0.4, 0.5) is 4.79 Å². The van der Waals surface area contributed by atoms with E-state index in [1.807, 2.05) is 51.1 Å². The number of hydrogen-bond donors (Lipinski definition) is 3. The molecule has 0 bridgehead atoms.